The fourth-order valence-electron chi connectivity index (χ4n) is 1.38. The van der Waals surface area contributed by atoms with Crippen LogP contribution < -0.4 is 0 Å². The van der Waals surface area contributed by atoms with Crippen LogP contribution in [0.15, 0.2) is 22.6 Å². The lowest BCUT2D eigenvalue weighted by Gasteiger charge is -2.09. The van der Waals surface area contributed by atoms with Crippen LogP contribution in [0.1, 0.15) is 40.0 Å². The molecule has 0 radical (unpaired) electrons. The van der Waals surface area contributed by atoms with Crippen LogP contribution in [0.5, 0.6) is 0 Å². The molecule has 0 saturated heterocycles. The largest absolute Gasteiger partial charge is 0.522 e. The van der Waals surface area contributed by atoms with E-state index in [1.807, 2.05) is 0 Å². The molecule has 0 aliphatic heterocycles. The number of hydrogen-bond donors (Lipinski definition) is 0. The first-order valence-electron chi connectivity index (χ1n) is 6.16. The Kier molecular flexibility index (Phi) is 9.28. The molecule has 0 heterocycles. The maximum Gasteiger partial charge on any atom is 0.522 e. The number of hydrogen-bond acceptors (Lipinski definition) is 2. The van der Waals surface area contributed by atoms with E-state index >= 15 is 0 Å². The summed E-state index contributed by atoms with van der Waals surface area (Å²) in [5.41, 5.74) is 1.27. The van der Waals surface area contributed by atoms with Gasteiger partial charge in [0.1, 0.15) is 0 Å². The molecule has 0 amide bonds. The molecule has 0 unspecified atom stereocenters. The van der Waals surface area contributed by atoms with Gasteiger partial charge in [-0.15, -0.1) is 24.9 Å². The smallest absolute Gasteiger partial charge is 0.288 e. The molecule has 0 bridgehead atoms. The minimum Gasteiger partial charge on any atom is -0.288 e. The zero-order valence-corrected chi connectivity index (χ0v) is 12.0. The molecule has 18 heavy (non-hydrogen) atoms. The molecule has 0 aliphatic carbocycles. The number of halogens is 3. The lowest BCUT2D eigenvalue weighted by atomic mass is 10.1. The summed E-state index contributed by atoms with van der Waals surface area (Å²) >= 11 is 1.69. The number of ether oxygens (including phenoxy) is 1. The van der Waals surface area contributed by atoms with Gasteiger partial charge in [0, 0.05) is 4.91 Å². The van der Waals surface area contributed by atoms with Crippen molar-refractivity contribution < 1.29 is 17.9 Å². The minimum absolute atomic E-state index is 0.430. The highest BCUT2D eigenvalue weighted by Crippen LogP contribution is 2.26. The molecule has 0 spiro atoms. The van der Waals surface area contributed by atoms with Crippen LogP contribution in [-0.4, -0.2) is 18.7 Å². The summed E-state index contributed by atoms with van der Waals surface area (Å²) < 4.78 is 39.1. The average Bonchev–Trinajstić information content (AvgIpc) is 2.30. The SMILES string of the molecule is CCCSC(/C=C\COC(F)(F)F)=C(CC)CC. The summed E-state index contributed by atoms with van der Waals surface area (Å²) in [7, 11) is 0. The molecule has 0 aromatic carbocycles. The van der Waals surface area contributed by atoms with Crippen LogP contribution in [0.2, 0.25) is 0 Å². The van der Waals surface area contributed by atoms with Crippen LogP contribution in [0.4, 0.5) is 13.2 Å². The van der Waals surface area contributed by atoms with Gasteiger partial charge in [-0.3, -0.25) is 4.74 Å². The van der Waals surface area contributed by atoms with Crippen molar-refractivity contribution in [3.8, 4) is 0 Å². The zero-order valence-electron chi connectivity index (χ0n) is 11.1. The van der Waals surface area contributed by atoms with E-state index in [0.717, 1.165) is 29.9 Å². The number of thioether (sulfide) groups is 1. The summed E-state index contributed by atoms with van der Waals surface area (Å²) in [5, 5.41) is 0. The molecular weight excluding hydrogens is 261 g/mol. The van der Waals surface area contributed by atoms with Gasteiger partial charge >= 0.3 is 6.36 Å². The average molecular weight is 282 g/mol. The maximum atomic E-state index is 11.8. The fraction of sp³-hybridized carbons (Fsp3) is 0.692. The zero-order chi connectivity index (χ0) is 14.0. The number of alkyl halides is 3. The Hall–Kier alpha value is -0.420. The van der Waals surface area contributed by atoms with E-state index in [4.69, 9.17) is 0 Å². The van der Waals surface area contributed by atoms with Crippen molar-refractivity contribution >= 4 is 11.8 Å². The third-order valence-electron chi connectivity index (χ3n) is 2.28. The van der Waals surface area contributed by atoms with Gasteiger partial charge in [0.2, 0.25) is 0 Å². The third-order valence-corrected chi connectivity index (χ3v) is 3.62. The van der Waals surface area contributed by atoms with E-state index in [1.165, 1.54) is 11.6 Å². The highest BCUT2D eigenvalue weighted by atomic mass is 32.2. The Labute approximate surface area is 111 Å². The van der Waals surface area contributed by atoms with Crippen LogP contribution in [0.25, 0.3) is 0 Å². The van der Waals surface area contributed by atoms with Crippen LogP contribution in [-0.2, 0) is 4.74 Å². The Morgan fingerprint density at radius 1 is 1.17 bits per heavy atom. The summed E-state index contributed by atoms with van der Waals surface area (Å²) in [6.45, 7) is 5.77. The summed E-state index contributed by atoms with van der Waals surface area (Å²) in [6.07, 6.45) is 1.51. The predicted octanol–water partition coefficient (Wildman–Crippen LogP) is 5.30. The standard InChI is InChI=1S/C13H21F3OS/c1-4-10-18-12(11(5-2)6-3)8-7-9-17-13(14,15)16/h7-8H,4-6,9-10H2,1-3H3/b8-7-. The van der Waals surface area contributed by atoms with Crippen molar-refractivity contribution in [2.75, 3.05) is 12.4 Å². The van der Waals surface area contributed by atoms with E-state index < -0.39 is 13.0 Å². The fourth-order valence-corrected chi connectivity index (χ4v) is 2.49. The van der Waals surface area contributed by atoms with Crippen molar-refractivity contribution in [3.05, 3.63) is 22.6 Å². The molecule has 0 atom stereocenters. The highest BCUT2D eigenvalue weighted by Gasteiger charge is 2.28. The number of allylic oxidation sites excluding steroid dienone is 2. The molecule has 0 N–H and O–H groups in total. The molecule has 0 aromatic rings. The molecule has 0 aliphatic rings. The minimum atomic E-state index is -4.55. The molecule has 0 rings (SSSR count). The van der Waals surface area contributed by atoms with Gasteiger partial charge in [0.25, 0.3) is 0 Å². The van der Waals surface area contributed by atoms with Gasteiger partial charge in [-0.25, -0.2) is 0 Å². The van der Waals surface area contributed by atoms with Crippen molar-refractivity contribution in [2.45, 2.75) is 46.4 Å². The van der Waals surface area contributed by atoms with Gasteiger partial charge in [-0.1, -0.05) is 38.5 Å². The van der Waals surface area contributed by atoms with Gasteiger partial charge < -0.3 is 0 Å². The molecule has 5 heteroatoms. The molecular formula is C13H21F3OS. The first-order chi connectivity index (χ1) is 8.44. The second kappa shape index (κ2) is 9.50. The van der Waals surface area contributed by atoms with Gasteiger partial charge in [0.05, 0.1) is 6.61 Å². The topological polar surface area (TPSA) is 9.23 Å². The molecule has 106 valence electrons. The van der Waals surface area contributed by atoms with Crippen molar-refractivity contribution in [2.24, 2.45) is 0 Å². The lowest BCUT2D eigenvalue weighted by molar-refractivity contribution is -0.319. The first kappa shape index (κ1) is 17.6. The van der Waals surface area contributed by atoms with E-state index in [9.17, 15) is 13.2 Å². The quantitative estimate of drug-likeness (QED) is 0.559. The third kappa shape index (κ3) is 8.64. The normalized spacial score (nSPS) is 12.1. The summed E-state index contributed by atoms with van der Waals surface area (Å²) in [6, 6.07) is 0. The van der Waals surface area contributed by atoms with Crippen LogP contribution >= 0.6 is 11.8 Å². The predicted molar refractivity (Wildman–Crippen MR) is 71.5 cm³/mol. The lowest BCUT2D eigenvalue weighted by Crippen LogP contribution is -2.12. The monoisotopic (exact) mass is 282 g/mol. The molecule has 1 nitrogen and oxygen atoms in total. The Morgan fingerprint density at radius 3 is 2.22 bits per heavy atom. The van der Waals surface area contributed by atoms with E-state index in [-0.39, 0.29) is 0 Å². The number of rotatable bonds is 8. The first-order valence-corrected chi connectivity index (χ1v) is 7.15. The second-order valence-electron chi connectivity index (χ2n) is 3.68. The van der Waals surface area contributed by atoms with E-state index in [2.05, 4.69) is 25.5 Å². The molecule has 0 fully saturated rings. The molecule has 0 saturated carbocycles. The van der Waals surface area contributed by atoms with Crippen LogP contribution in [0.3, 0.4) is 0 Å². The van der Waals surface area contributed by atoms with E-state index in [0.29, 0.717) is 0 Å². The maximum absolute atomic E-state index is 11.8. The van der Waals surface area contributed by atoms with Gasteiger partial charge in [0.15, 0.2) is 0 Å². The summed E-state index contributed by atoms with van der Waals surface area (Å²) in [5.74, 6) is 0.975. The van der Waals surface area contributed by atoms with Crippen molar-refractivity contribution in [3.63, 3.8) is 0 Å². The van der Waals surface area contributed by atoms with Crippen LogP contribution in [0, 0.1) is 0 Å². The Morgan fingerprint density at radius 2 is 1.78 bits per heavy atom. The molecule has 0 aromatic heterocycles. The van der Waals surface area contributed by atoms with E-state index in [1.54, 1.807) is 17.8 Å². The Balaban J connectivity index is 4.49. The second-order valence-corrected chi connectivity index (χ2v) is 4.82. The Bertz CT molecular complexity index is 276. The van der Waals surface area contributed by atoms with Crippen molar-refractivity contribution in [1.82, 2.24) is 0 Å². The highest BCUT2D eigenvalue weighted by molar-refractivity contribution is 8.03. The van der Waals surface area contributed by atoms with Gasteiger partial charge in [-0.05, 0) is 25.0 Å². The van der Waals surface area contributed by atoms with Crippen molar-refractivity contribution in [1.29, 1.82) is 0 Å². The van der Waals surface area contributed by atoms with Gasteiger partial charge in [-0.2, -0.15) is 0 Å². The summed E-state index contributed by atoms with van der Waals surface area (Å²) in [4.78, 5) is 1.08.